The van der Waals surface area contributed by atoms with Gasteiger partial charge in [-0.2, -0.15) is 0 Å². The second kappa shape index (κ2) is 4.60. The van der Waals surface area contributed by atoms with Crippen molar-refractivity contribution in [2.75, 3.05) is 6.61 Å². The highest BCUT2D eigenvalue weighted by Gasteiger charge is 2.27. The first-order valence-corrected chi connectivity index (χ1v) is 5.81. The third-order valence-corrected chi connectivity index (χ3v) is 2.84. The van der Waals surface area contributed by atoms with E-state index >= 15 is 0 Å². The molecule has 0 N–H and O–H groups in total. The first kappa shape index (κ1) is 10.4. The summed E-state index contributed by atoms with van der Waals surface area (Å²) in [5.41, 5.74) is 2.34. The van der Waals surface area contributed by atoms with Crippen LogP contribution in [-0.4, -0.2) is 6.61 Å². The molecule has 1 heterocycles. The van der Waals surface area contributed by atoms with Crippen molar-refractivity contribution >= 4 is 0 Å². The van der Waals surface area contributed by atoms with Crippen LogP contribution in [-0.2, 0) is 11.3 Å². The van der Waals surface area contributed by atoms with E-state index in [1.165, 1.54) is 5.56 Å². The van der Waals surface area contributed by atoms with Crippen LogP contribution in [0.15, 0.2) is 54.6 Å². The second-order valence-electron chi connectivity index (χ2n) is 4.13. The lowest BCUT2D eigenvalue weighted by atomic mass is 10.1. The van der Waals surface area contributed by atoms with Gasteiger partial charge in [0.05, 0.1) is 6.61 Å². The topological polar surface area (TPSA) is 21.8 Å². The Morgan fingerprint density at radius 1 is 1.00 bits per heavy atom. The minimum Gasteiger partial charge on any atom is -0.489 e. The minimum atomic E-state index is 0.238. The maximum atomic E-state index is 5.84. The van der Waals surface area contributed by atoms with E-state index < -0.39 is 0 Å². The number of hydrogen-bond acceptors (Lipinski definition) is 2. The predicted octanol–water partition coefficient (Wildman–Crippen LogP) is 3.34. The van der Waals surface area contributed by atoms with Crippen LogP contribution in [0.1, 0.15) is 17.2 Å². The van der Waals surface area contributed by atoms with Gasteiger partial charge in [-0.1, -0.05) is 48.5 Å². The van der Waals surface area contributed by atoms with E-state index in [1.807, 2.05) is 36.4 Å². The van der Waals surface area contributed by atoms with Crippen LogP contribution in [0.4, 0.5) is 0 Å². The lowest BCUT2D eigenvalue weighted by molar-refractivity contribution is 0.298. The molecule has 2 nitrogen and oxygen atoms in total. The molecule has 1 atom stereocenters. The molecular weight excluding hydrogens is 212 g/mol. The highest BCUT2D eigenvalue weighted by Crippen LogP contribution is 2.36. The largest absolute Gasteiger partial charge is 0.489 e. The average molecular weight is 226 g/mol. The zero-order chi connectivity index (χ0) is 11.5. The molecule has 1 saturated heterocycles. The van der Waals surface area contributed by atoms with E-state index in [9.17, 15) is 0 Å². The van der Waals surface area contributed by atoms with Crippen LogP contribution < -0.4 is 4.74 Å². The Morgan fingerprint density at radius 3 is 2.47 bits per heavy atom. The molecule has 0 unspecified atom stereocenters. The molecule has 0 radical (unpaired) electrons. The van der Waals surface area contributed by atoms with Crippen LogP contribution in [0.5, 0.6) is 5.75 Å². The summed E-state index contributed by atoms with van der Waals surface area (Å²) in [4.78, 5) is 0. The maximum absolute atomic E-state index is 5.84. The summed E-state index contributed by atoms with van der Waals surface area (Å²) in [6.07, 6.45) is 0.238. The quantitative estimate of drug-likeness (QED) is 0.746. The third kappa shape index (κ3) is 2.48. The van der Waals surface area contributed by atoms with Crippen molar-refractivity contribution in [3.05, 3.63) is 65.7 Å². The Kier molecular flexibility index (Phi) is 2.80. The van der Waals surface area contributed by atoms with Gasteiger partial charge in [0.25, 0.3) is 0 Å². The number of benzene rings is 2. The van der Waals surface area contributed by atoms with E-state index in [0.717, 1.165) is 17.9 Å². The van der Waals surface area contributed by atoms with Crippen molar-refractivity contribution in [2.24, 2.45) is 0 Å². The fraction of sp³-hybridized carbons (Fsp3) is 0.200. The van der Waals surface area contributed by atoms with Gasteiger partial charge in [0, 0.05) is 5.56 Å². The van der Waals surface area contributed by atoms with Crippen molar-refractivity contribution < 1.29 is 9.47 Å². The molecular formula is C15H14O2. The van der Waals surface area contributed by atoms with E-state index in [0.29, 0.717) is 6.61 Å². The number of epoxide rings is 1. The molecule has 0 aromatic heterocycles. The van der Waals surface area contributed by atoms with Gasteiger partial charge in [-0.05, 0) is 11.6 Å². The van der Waals surface area contributed by atoms with Crippen LogP contribution in [0.2, 0.25) is 0 Å². The molecule has 17 heavy (non-hydrogen) atoms. The maximum Gasteiger partial charge on any atom is 0.125 e. The van der Waals surface area contributed by atoms with Crippen LogP contribution >= 0.6 is 0 Å². The summed E-state index contributed by atoms with van der Waals surface area (Å²) in [5, 5.41) is 0. The predicted molar refractivity (Wildman–Crippen MR) is 65.9 cm³/mol. The van der Waals surface area contributed by atoms with Gasteiger partial charge < -0.3 is 9.47 Å². The standard InChI is InChI=1S/C15H14O2/c1-2-6-12(7-3-1)10-16-14-9-5-4-8-13(14)15-11-17-15/h1-9,15H,10-11H2/t15-/m0/s1. The summed E-state index contributed by atoms with van der Waals surface area (Å²) in [5.74, 6) is 0.929. The fourth-order valence-electron chi connectivity index (χ4n) is 1.84. The lowest BCUT2D eigenvalue weighted by Gasteiger charge is -2.09. The summed E-state index contributed by atoms with van der Waals surface area (Å²) >= 11 is 0. The number of para-hydroxylation sites is 1. The van der Waals surface area contributed by atoms with Crippen LogP contribution in [0.3, 0.4) is 0 Å². The Bertz CT molecular complexity index is 489. The zero-order valence-electron chi connectivity index (χ0n) is 9.50. The minimum absolute atomic E-state index is 0.238. The van der Waals surface area contributed by atoms with Gasteiger partial charge in [-0.25, -0.2) is 0 Å². The molecule has 0 aliphatic carbocycles. The first-order chi connectivity index (χ1) is 8.43. The number of ether oxygens (including phenoxy) is 2. The SMILES string of the molecule is c1ccc(COc2ccccc2[C@@H]2CO2)cc1. The lowest BCUT2D eigenvalue weighted by Crippen LogP contribution is -1.97. The molecule has 2 heteroatoms. The van der Waals surface area contributed by atoms with Gasteiger partial charge in [-0.15, -0.1) is 0 Å². The summed E-state index contributed by atoms with van der Waals surface area (Å²) in [7, 11) is 0. The van der Waals surface area contributed by atoms with Crippen LogP contribution in [0, 0.1) is 0 Å². The molecule has 1 fully saturated rings. The third-order valence-electron chi connectivity index (χ3n) is 2.84. The van der Waals surface area contributed by atoms with Crippen molar-refractivity contribution in [1.82, 2.24) is 0 Å². The van der Waals surface area contributed by atoms with Gasteiger partial charge >= 0.3 is 0 Å². The van der Waals surface area contributed by atoms with Crippen LogP contribution in [0.25, 0.3) is 0 Å². The summed E-state index contributed by atoms with van der Waals surface area (Å²) in [6, 6.07) is 18.3. The zero-order valence-corrected chi connectivity index (χ0v) is 9.50. The Balaban J connectivity index is 1.73. The molecule has 0 bridgehead atoms. The molecule has 0 amide bonds. The molecule has 2 aromatic carbocycles. The van der Waals surface area contributed by atoms with E-state index in [2.05, 4.69) is 18.2 Å². The Labute approximate surface area is 101 Å². The molecule has 0 saturated carbocycles. The van der Waals surface area contributed by atoms with E-state index in [1.54, 1.807) is 0 Å². The molecule has 3 rings (SSSR count). The van der Waals surface area contributed by atoms with Gasteiger partial charge in [0.1, 0.15) is 18.5 Å². The highest BCUT2D eigenvalue weighted by atomic mass is 16.6. The van der Waals surface area contributed by atoms with Crippen molar-refractivity contribution in [3.63, 3.8) is 0 Å². The van der Waals surface area contributed by atoms with Gasteiger partial charge in [0.15, 0.2) is 0 Å². The molecule has 2 aromatic rings. The van der Waals surface area contributed by atoms with Gasteiger partial charge in [0.2, 0.25) is 0 Å². The monoisotopic (exact) mass is 226 g/mol. The smallest absolute Gasteiger partial charge is 0.125 e. The molecule has 0 spiro atoms. The fourth-order valence-corrected chi connectivity index (χ4v) is 1.84. The molecule has 1 aliphatic rings. The van der Waals surface area contributed by atoms with E-state index in [4.69, 9.17) is 9.47 Å². The summed E-state index contributed by atoms with van der Waals surface area (Å²) in [6.45, 7) is 1.41. The van der Waals surface area contributed by atoms with Crippen molar-refractivity contribution in [3.8, 4) is 5.75 Å². The first-order valence-electron chi connectivity index (χ1n) is 5.81. The Morgan fingerprint density at radius 2 is 1.71 bits per heavy atom. The summed E-state index contributed by atoms with van der Waals surface area (Å²) < 4.78 is 11.2. The van der Waals surface area contributed by atoms with Crippen molar-refractivity contribution in [2.45, 2.75) is 12.7 Å². The molecule has 1 aliphatic heterocycles. The average Bonchev–Trinajstić information content (AvgIpc) is 3.22. The second-order valence-corrected chi connectivity index (χ2v) is 4.13. The highest BCUT2D eigenvalue weighted by molar-refractivity contribution is 5.37. The van der Waals surface area contributed by atoms with E-state index in [-0.39, 0.29) is 6.10 Å². The van der Waals surface area contributed by atoms with Crippen molar-refractivity contribution in [1.29, 1.82) is 0 Å². The molecule has 86 valence electrons. The number of rotatable bonds is 4. The normalized spacial score (nSPS) is 17.8. The van der Waals surface area contributed by atoms with Gasteiger partial charge in [-0.3, -0.25) is 0 Å². The Hall–Kier alpha value is -1.80. The number of hydrogen-bond donors (Lipinski definition) is 0.